The summed E-state index contributed by atoms with van der Waals surface area (Å²) in [6.45, 7) is 0. The summed E-state index contributed by atoms with van der Waals surface area (Å²) in [5.74, 6) is 0.635. The lowest BCUT2D eigenvalue weighted by Crippen LogP contribution is -2.25. The molecule has 2 rings (SSSR count). The molecule has 0 amide bonds. The van der Waals surface area contributed by atoms with Crippen molar-refractivity contribution in [2.45, 2.75) is 31.5 Å². The van der Waals surface area contributed by atoms with Gasteiger partial charge in [0, 0.05) is 10.0 Å². The number of carbonyl (C=O) groups is 1. The zero-order valence-electron chi connectivity index (χ0n) is 8.73. The van der Waals surface area contributed by atoms with E-state index in [4.69, 9.17) is 4.74 Å². The molecule has 0 heterocycles. The van der Waals surface area contributed by atoms with Crippen LogP contribution < -0.4 is 4.74 Å². The number of ether oxygens (including phenoxy) is 1. The second-order valence-corrected chi connectivity index (χ2v) is 4.81. The first-order valence-electron chi connectivity index (χ1n) is 5.30. The molecule has 1 aliphatic rings. The topological polar surface area (TPSA) is 46.5 Å². The van der Waals surface area contributed by atoms with Crippen LogP contribution in [0, 0.1) is 0 Å². The quantitative estimate of drug-likeness (QED) is 0.868. The number of rotatable bonds is 3. The number of aliphatic hydroxyl groups excluding tert-OH is 1. The number of aliphatic hydroxyl groups is 1. The number of benzene rings is 1. The maximum Gasteiger partial charge on any atom is 0.151 e. The van der Waals surface area contributed by atoms with Crippen molar-refractivity contribution in [2.75, 3.05) is 0 Å². The van der Waals surface area contributed by atoms with Crippen LogP contribution in [0.25, 0.3) is 0 Å². The van der Waals surface area contributed by atoms with Crippen LogP contribution in [-0.4, -0.2) is 23.6 Å². The maximum absolute atomic E-state index is 10.7. The van der Waals surface area contributed by atoms with E-state index in [1.54, 1.807) is 18.2 Å². The van der Waals surface area contributed by atoms with Crippen molar-refractivity contribution in [1.29, 1.82) is 0 Å². The largest absolute Gasteiger partial charge is 0.488 e. The van der Waals surface area contributed by atoms with Gasteiger partial charge in [-0.3, -0.25) is 4.79 Å². The molecule has 0 saturated heterocycles. The zero-order chi connectivity index (χ0) is 11.5. The van der Waals surface area contributed by atoms with E-state index < -0.39 is 0 Å². The van der Waals surface area contributed by atoms with Crippen LogP contribution in [0.4, 0.5) is 0 Å². The van der Waals surface area contributed by atoms with Crippen LogP contribution in [0.5, 0.6) is 5.75 Å². The molecule has 1 aliphatic carbocycles. The molecule has 0 aromatic heterocycles. The minimum atomic E-state index is -0.386. The summed E-state index contributed by atoms with van der Waals surface area (Å²) < 4.78 is 6.41. The highest BCUT2D eigenvalue weighted by Gasteiger charge is 2.26. The number of halogens is 1. The van der Waals surface area contributed by atoms with E-state index in [-0.39, 0.29) is 12.2 Å². The summed E-state index contributed by atoms with van der Waals surface area (Å²) in [7, 11) is 0. The van der Waals surface area contributed by atoms with E-state index in [2.05, 4.69) is 15.9 Å². The van der Waals surface area contributed by atoms with Gasteiger partial charge in [0.25, 0.3) is 0 Å². The van der Waals surface area contributed by atoms with Gasteiger partial charge in [-0.2, -0.15) is 0 Å². The van der Waals surface area contributed by atoms with Gasteiger partial charge >= 0.3 is 0 Å². The third kappa shape index (κ3) is 2.44. The number of carbonyl (C=O) groups excluding carboxylic acids is 1. The molecule has 86 valence electrons. The Bertz CT molecular complexity index is 392. The standard InChI is InChI=1S/C12H13BrO3/c13-10-5-4-9(6-8(10)7-14)16-12-3-1-2-11(12)15/h4-7,11-12,15H,1-3H2. The monoisotopic (exact) mass is 284 g/mol. The fourth-order valence-corrected chi connectivity index (χ4v) is 2.24. The Morgan fingerprint density at radius 3 is 2.88 bits per heavy atom. The predicted octanol–water partition coefficient (Wildman–Crippen LogP) is 2.55. The molecule has 0 spiro atoms. The van der Waals surface area contributed by atoms with Gasteiger partial charge in [0.2, 0.25) is 0 Å². The highest BCUT2D eigenvalue weighted by molar-refractivity contribution is 9.10. The van der Waals surface area contributed by atoms with Gasteiger partial charge in [0.1, 0.15) is 11.9 Å². The second-order valence-electron chi connectivity index (χ2n) is 3.96. The fourth-order valence-electron chi connectivity index (χ4n) is 1.90. The average molecular weight is 285 g/mol. The summed E-state index contributed by atoms with van der Waals surface area (Å²) in [4.78, 5) is 10.7. The van der Waals surface area contributed by atoms with E-state index in [1.165, 1.54) is 0 Å². The second kappa shape index (κ2) is 4.97. The Hall–Kier alpha value is -0.870. The van der Waals surface area contributed by atoms with Gasteiger partial charge in [-0.05, 0) is 37.5 Å². The van der Waals surface area contributed by atoms with E-state index >= 15 is 0 Å². The Morgan fingerprint density at radius 2 is 2.25 bits per heavy atom. The number of hydrogen-bond donors (Lipinski definition) is 1. The third-order valence-electron chi connectivity index (χ3n) is 2.80. The minimum absolute atomic E-state index is 0.138. The molecule has 0 bridgehead atoms. The molecule has 1 saturated carbocycles. The molecule has 4 heteroatoms. The normalized spacial score (nSPS) is 24.4. The first-order valence-corrected chi connectivity index (χ1v) is 6.09. The lowest BCUT2D eigenvalue weighted by molar-refractivity contribution is 0.0603. The molecular formula is C12H13BrO3. The van der Waals surface area contributed by atoms with Gasteiger partial charge in [-0.25, -0.2) is 0 Å². The molecule has 0 radical (unpaired) electrons. The zero-order valence-corrected chi connectivity index (χ0v) is 10.3. The van der Waals surface area contributed by atoms with E-state index in [1.807, 2.05) is 0 Å². The van der Waals surface area contributed by atoms with Crippen LogP contribution >= 0.6 is 15.9 Å². The lowest BCUT2D eigenvalue weighted by atomic mass is 10.2. The van der Waals surface area contributed by atoms with Crippen molar-refractivity contribution >= 4 is 22.2 Å². The molecular weight excluding hydrogens is 272 g/mol. The summed E-state index contributed by atoms with van der Waals surface area (Å²) in [6.07, 6.45) is 2.91. The van der Waals surface area contributed by atoms with Crippen molar-refractivity contribution in [2.24, 2.45) is 0 Å². The fraction of sp³-hybridized carbons (Fsp3) is 0.417. The van der Waals surface area contributed by atoms with Crippen molar-refractivity contribution in [3.05, 3.63) is 28.2 Å². The summed E-state index contributed by atoms with van der Waals surface area (Å²) in [5.41, 5.74) is 0.560. The molecule has 1 fully saturated rings. The van der Waals surface area contributed by atoms with Gasteiger partial charge in [-0.15, -0.1) is 0 Å². The molecule has 3 nitrogen and oxygen atoms in total. The molecule has 1 aromatic rings. The van der Waals surface area contributed by atoms with Crippen molar-refractivity contribution < 1.29 is 14.6 Å². The number of aldehydes is 1. The predicted molar refractivity (Wildman–Crippen MR) is 63.8 cm³/mol. The molecule has 1 N–H and O–H groups in total. The van der Waals surface area contributed by atoms with Crippen LogP contribution in [0.15, 0.2) is 22.7 Å². The average Bonchev–Trinajstić information content (AvgIpc) is 2.67. The van der Waals surface area contributed by atoms with Crippen LogP contribution in [0.1, 0.15) is 29.6 Å². The summed E-state index contributed by atoms with van der Waals surface area (Å²) >= 11 is 3.28. The van der Waals surface area contributed by atoms with Gasteiger partial charge in [0.15, 0.2) is 6.29 Å². The minimum Gasteiger partial charge on any atom is -0.488 e. The van der Waals surface area contributed by atoms with E-state index in [9.17, 15) is 9.90 Å². The Morgan fingerprint density at radius 1 is 1.44 bits per heavy atom. The number of hydrogen-bond acceptors (Lipinski definition) is 3. The van der Waals surface area contributed by atoms with Crippen molar-refractivity contribution in [1.82, 2.24) is 0 Å². The molecule has 2 unspecified atom stereocenters. The van der Waals surface area contributed by atoms with Crippen molar-refractivity contribution in [3.63, 3.8) is 0 Å². The van der Waals surface area contributed by atoms with Gasteiger partial charge in [-0.1, -0.05) is 15.9 Å². The van der Waals surface area contributed by atoms with Crippen LogP contribution in [0.3, 0.4) is 0 Å². The summed E-state index contributed by atoms with van der Waals surface area (Å²) in [6, 6.07) is 5.25. The Labute approximate surface area is 103 Å². The van der Waals surface area contributed by atoms with Gasteiger partial charge in [0.05, 0.1) is 6.10 Å². The highest BCUT2D eigenvalue weighted by Crippen LogP contribution is 2.27. The Balaban J connectivity index is 2.12. The molecule has 16 heavy (non-hydrogen) atoms. The Kier molecular flexibility index (Phi) is 3.61. The first kappa shape index (κ1) is 11.6. The lowest BCUT2D eigenvalue weighted by Gasteiger charge is -2.17. The molecule has 2 atom stereocenters. The van der Waals surface area contributed by atoms with Crippen LogP contribution in [0.2, 0.25) is 0 Å². The SMILES string of the molecule is O=Cc1cc(OC2CCCC2O)ccc1Br. The van der Waals surface area contributed by atoms with Crippen LogP contribution in [-0.2, 0) is 0 Å². The van der Waals surface area contributed by atoms with Gasteiger partial charge < -0.3 is 9.84 Å². The summed E-state index contributed by atoms with van der Waals surface area (Å²) in [5, 5.41) is 9.63. The molecule has 1 aromatic carbocycles. The third-order valence-corrected chi connectivity index (χ3v) is 3.52. The molecule has 0 aliphatic heterocycles. The smallest absolute Gasteiger partial charge is 0.151 e. The van der Waals surface area contributed by atoms with Crippen molar-refractivity contribution in [3.8, 4) is 5.75 Å². The van der Waals surface area contributed by atoms with E-state index in [0.29, 0.717) is 11.3 Å². The van der Waals surface area contributed by atoms with E-state index in [0.717, 1.165) is 30.0 Å². The highest BCUT2D eigenvalue weighted by atomic mass is 79.9. The first-order chi connectivity index (χ1) is 7.70. The maximum atomic E-state index is 10.7.